The van der Waals surface area contributed by atoms with Crippen LogP contribution >= 0.6 is 11.3 Å². The number of esters is 1. The summed E-state index contributed by atoms with van der Waals surface area (Å²) in [5, 5.41) is 15.9. The Morgan fingerprint density at radius 2 is 1.78 bits per heavy atom. The van der Waals surface area contributed by atoms with Gasteiger partial charge in [-0.1, -0.05) is 18.2 Å². The van der Waals surface area contributed by atoms with Gasteiger partial charge in [-0.15, -0.1) is 11.3 Å². The number of nitro groups is 1. The third-order valence-corrected chi connectivity index (χ3v) is 5.62. The summed E-state index contributed by atoms with van der Waals surface area (Å²) in [5.74, 6) is -2.83. The van der Waals surface area contributed by atoms with Gasteiger partial charge >= 0.3 is 5.97 Å². The van der Waals surface area contributed by atoms with E-state index in [1.54, 1.807) is 6.07 Å². The van der Waals surface area contributed by atoms with E-state index in [-0.39, 0.29) is 37.9 Å². The first-order chi connectivity index (χ1) is 15.2. The fourth-order valence-corrected chi connectivity index (χ4v) is 3.93. The molecule has 1 heterocycles. The van der Waals surface area contributed by atoms with Crippen LogP contribution in [0.4, 0.5) is 20.8 Å². The van der Waals surface area contributed by atoms with Gasteiger partial charge in [0, 0.05) is 17.7 Å². The summed E-state index contributed by atoms with van der Waals surface area (Å²) in [6.45, 7) is 1.49. The zero-order valence-corrected chi connectivity index (χ0v) is 17.6. The number of nitrogens with one attached hydrogen (secondary N) is 2. The molecule has 0 aliphatic carbocycles. The fraction of sp³-hybridized carbons (Fsp3) is 0.0952. The van der Waals surface area contributed by atoms with Gasteiger partial charge in [-0.05, 0) is 30.7 Å². The lowest BCUT2D eigenvalue weighted by molar-refractivity contribution is -0.384. The van der Waals surface area contributed by atoms with E-state index in [2.05, 4.69) is 10.6 Å². The number of thiophene rings is 1. The molecule has 32 heavy (non-hydrogen) atoms. The second kappa shape index (κ2) is 9.35. The maximum absolute atomic E-state index is 13.9. The number of anilines is 2. The third kappa shape index (κ3) is 4.62. The summed E-state index contributed by atoms with van der Waals surface area (Å²) >= 11 is 0.795. The predicted molar refractivity (Wildman–Crippen MR) is 116 cm³/mol. The van der Waals surface area contributed by atoms with E-state index in [1.165, 1.54) is 43.3 Å². The second-order valence-corrected chi connectivity index (χ2v) is 7.47. The summed E-state index contributed by atoms with van der Waals surface area (Å²) in [6, 6.07) is 10.6. The maximum Gasteiger partial charge on any atom is 0.341 e. The highest BCUT2D eigenvalue weighted by atomic mass is 32.1. The Labute approximate surface area is 185 Å². The smallest absolute Gasteiger partial charge is 0.341 e. The first-order valence-electron chi connectivity index (χ1n) is 9.06. The number of benzene rings is 2. The Hall–Kier alpha value is -4.12. The monoisotopic (exact) mass is 457 g/mol. The zero-order chi connectivity index (χ0) is 23.4. The molecule has 9 nitrogen and oxygen atoms in total. The van der Waals surface area contributed by atoms with E-state index in [9.17, 15) is 28.9 Å². The minimum atomic E-state index is -0.793. The first kappa shape index (κ1) is 22.6. The Kier molecular flexibility index (Phi) is 6.59. The molecule has 0 saturated carbocycles. The molecular formula is C21H16FN3O6S. The molecule has 0 aliphatic rings. The predicted octanol–water partition coefficient (Wildman–Crippen LogP) is 4.40. The van der Waals surface area contributed by atoms with Crippen molar-refractivity contribution in [3.8, 4) is 0 Å². The largest absolute Gasteiger partial charge is 0.465 e. The molecule has 3 aromatic rings. The molecular weight excluding hydrogens is 441 g/mol. The van der Waals surface area contributed by atoms with Crippen molar-refractivity contribution < 1.29 is 28.4 Å². The van der Waals surface area contributed by atoms with Gasteiger partial charge in [-0.3, -0.25) is 19.7 Å². The van der Waals surface area contributed by atoms with Gasteiger partial charge in [0.05, 0.1) is 28.2 Å². The lowest BCUT2D eigenvalue weighted by Gasteiger charge is -2.06. The number of ether oxygens (including phenoxy) is 1. The summed E-state index contributed by atoms with van der Waals surface area (Å²) in [4.78, 5) is 48.1. The number of halogens is 1. The molecule has 2 amide bonds. The average molecular weight is 457 g/mol. The van der Waals surface area contributed by atoms with Crippen molar-refractivity contribution >= 4 is 45.5 Å². The van der Waals surface area contributed by atoms with Crippen molar-refractivity contribution in [1.82, 2.24) is 0 Å². The first-order valence-corrected chi connectivity index (χ1v) is 9.88. The van der Waals surface area contributed by atoms with Crippen LogP contribution in [-0.2, 0) is 4.74 Å². The highest BCUT2D eigenvalue weighted by Gasteiger charge is 2.27. The van der Waals surface area contributed by atoms with Crippen LogP contribution in [-0.4, -0.2) is 29.8 Å². The number of amides is 2. The molecule has 0 atom stereocenters. The number of methoxy groups -OCH3 is 1. The van der Waals surface area contributed by atoms with Crippen LogP contribution in [0.1, 0.15) is 36.0 Å². The number of nitro benzene ring substituents is 1. The second-order valence-electron chi connectivity index (χ2n) is 6.45. The lowest BCUT2D eigenvalue weighted by atomic mass is 10.1. The summed E-state index contributed by atoms with van der Waals surface area (Å²) in [7, 11) is 1.14. The van der Waals surface area contributed by atoms with Crippen molar-refractivity contribution in [1.29, 1.82) is 0 Å². The van der Waals surface area contributed by atoms with Gasteiger partial charge in [0.1, 0.15) is 10.8 Å². The molecule has 0 spiro atoms. The third-order valence-electron chi connectivity index (χ3n) is 4.41. The number of carbonyl (C=O) groups excluding carboxylic acids is 3. The SMILES string of the molecule is COC(=O)c1c(NC(=O)c2cccc([N+](=O)[O-])c2)sc(C(=O)Nc2ccccc2F)c1C. The van der Waals surface area contributed by atoms with E-state index in [0.717, 1.165) is 24.5 Å². The van der Waals surface area contributed by atoms with Crippen LogP contribution in [0.5, 0.6) is 0 Å². The Morgan fingerprint density at radius 1 is 1.06 bits per heavy atom. The quantitative estimate of drug-likeness (QED) is 0.321. The summed E-state index contributed by atoms with van der Waals surface area (Å²) < 4.78 is 18.7. The number of nitrogens with zero attached hydrogens (tertiary/aromatic N) is 1. The minimum Gasteiger partial charge on any atom is -0.465 e. The zero-order valence-electron chi connectivity index (χ0n) is 16.8. The Bertz CT molecular complexity index is 1240. The van der Waals surface area contributed by atoms with Gasteiger partial charge in [-0.2, -0.15) is 0 Å². The molecule has 0 unspecified atom stereocenters. The van der Waals surface area contributed by atoms with E-state index in [4.69, 9.17) is 4.74 Å². The van der Waals surface area contributed by atoms with Crippen molar-refractivity contribution in [3.05, 3.63) is 86.0 Å². The Balaban J connectivity index is 1.95. The van der Waals surface area contributed by atoms with Crippen LogP contribution in [0.3, 0.4) is 0 Å². The number of hydrogen-bond acceptors (Lipinski definition) is 7. The Morgan fingerprint density at radius 3 is 2.44 bits per heavy atom. The fourth-order valence-electron chi connectivity index (χ4n) is 2.84. The molecule has 0 bridgehead atoms. The van der Waals surface area contributed by atoms with Crippen LogP contribution in [0.15, 0.2) is 48.5 Å². The number of para-hydroxylation sites is 1. The molecule has 1 aromatic heterocycles. The van der Waals surface area contributed by atoms with E-state index < -0.39 is 28.5 Å². The summed E-state index contributed by atoms with van der Waals surface area (Å²) in [6.07, 6.45) is 0. The van der Waals surface area contributed by atoms with Crippen LogP contribution in [0, 0.1) is 22.9 Å². The van der Waals surface area contributed by atoms with Gasteiger partial charge in [0.2, 0.25) is 0 Å². The maximum atomic E-state index is 13.9. The van der Waals surface area contributed by atoms with Crippen molar-refractivity contribution in [2.45, 2.75) is 6.92 Å². The van der Waals surface area contributed by atoms with E-state index in [1.807, 2.05) is 0 Å². The molecule has 0 radical (unpaired) electrons. The van der Waals surface area contributed by atoms with Crippen LogP contribution in [0.25, 0.3) is 0 Å². The minimum absolute atomic E-state index is 0.0153. The molecule has 0 fully saturated rings. The van der Waals surface area contributed by atoms with Crippen LogP contribution in [0.2, 0.25) is 0 Å². The van der Waals surface area contributed by atoms with Crippen molar-refractivity contribution in [2.24, 2.45) is 0 Å². The normalized spacial score (nSPS) is 10.3. The molecule has 11 heteroatoms. The number of hydrogen-bond donors (Lipinski definition) is 2. The summed E-state index contributed by atoms with van der Waals surface area (Å²) in [5.41, 5.74) is -0.163. The van der Waals surface area contributed by atoms with Gasteiger partial charge in [-0.25, -0.2) is 9.18 Å². The topological polar surface area (TPSA) is 128 Å². The van der Waals surface area contributed by atoms with Gasteiger partial charge < -0.3 is 15.4 Å². The van der Waals surface area contributed by atoms with Crippen molar-refractivity contribution in [2.75, 3.05) is 17.7 Å². The van der Waals surface area contributed by atoms with Gasteiger partial charge in [0.15, 0.2) is 0 Å². The highest BCUT2D eigenvalue weighted by molar-refractivity contribution is 7.19. The van der Waals surface area contributed by atoms with Crippen molar-refractivity contribution in [3.63, 3.8) is 0 Å². The number of rotatable bonds is 6. The average Bonchev–Trinajstić information content (AvgIpc) is 3.10. The molecule has 0 aliphatic heterocycles. The van der Waals surface area contributed by atoms with E-state index in [0.29, 0.717) is 0 Å². The van der Waals surface area contributed by atoms with Crippen LogP contribution < -0.4 is 10.6 Å². The molecule has 2 aromatic carbocycles. The van der Waals surface area contributed by atoms with E-state index >= 15 is 0 Å². The molecule has 164 valence electrons. The standard InChI is InChI=1S/C21H16FN3O6S/c1-11-16(21(28)31-2)20(24-18(26)12-6-5-7-13(10-12)25(29)30)32-17(11)19(27)23-15-9-4-3-8-14(15)22/h3-10H,1-2H3,(H,23,27)(H,24,26). The highest BCUT2D eigenvalue weighted by Crippen LogP contribution is 2.35. The lowest BCUT2D eigenvalue weighted by Crippen LogP contribution is -2.14. The molecule has 0 saturated heterocycles. The van der Waals surface area contributed by atoms with Gasteiger partial charge in [0.25, 0.3) is 17.5 Å². The molecule has 2 N–H and O–H groups in total. The molecule has 3 rings (SSSR count). The number of non-ortho nitro benzene ring substituents is 1. The number of carbonyl (C=O) groups is 3.